The van der Waals surface area contributed by atoms with E-state index < -0.39 is 20.9 Å². The molecule has 0 aliphatic carbocycles. The molecule has 0 aliphatic rings. The molecular formula is C16H16N2O6S. The van der Waals surface area contributed by atoms with E-state index in [9.17, 15) is 23.3 Å². The summed E-state index contributed by atoms with van der Waals surface area (Å²) < 4.78 is 31.2. The van der Waals surface area contributed by atoms with Crippen LogP contribution in [0.3, 0.4) is 0 Å². The van der Waals surface area contributed by atoms with E-state index in [4.69, 9.17) is 4.74 Å². The molecular weight excluding hydrogens is 348 g/mol. The molecule has 0 saturated carbocycles. The maximum atomic E-state index is 12.7. The first-order chi connectivity index (χ1) is 11.8. The first-order valence-corrected chi connectivity index (χ1v) is 8.72. The number of esters is 1. The third-order valence-corrected chi connectivity index (χ3v) is 5.19. The predicted octanol–water partition coefficient (Wildman–Crippen LogP) is 2.60. The van der Waals surface area contributed by atoms with Gasteiger partial charge in [-0.15, -0.1) is 0 Å². The minimum Gasteiger partial charge on any atom is -0.462 e. The molecule has 0 amide bonds. The van der Waals surface area contributed by atoms with Crippen molar-refractivity contribution in [1.29, 1.82) is 0 Å². The van der Waals surface area contributed by atoms with Gasteiger partial charge >= 0.3 is 5.97 Å². The molecule has 0 heterocycles. The molecule has 2 aromatic carbocycles. The zero-order chi connectivity index (χ0) is 18.6. The number of nitro groups is 1. The van der Waals surface area contributed by atoms with Crippen molar-refractivity contribution in [3.8, 4) is 0 Å². The standard InChI is InChI=1S/C16H16N2O6S/c1-3-24-16(19)12-6-4-7-13(10-12)17(2)25(22,23)15-9-5-8-14(11-15)18(20)21/h4-11H,3H2,1-2H3. The van der Waals surface area contributed by atoms with Gasteiger partial charge in [0.15, 0.2) is 0 Å². The molecule has 9 heteroatoms. The van der Waals surface area contributed by atoms with Crippen molar-refractivity contribution < 1.29 is 22.9 Å². The maximum Gasteiger partial charge on any atom is 0.338 e. The Hall–Kier alpha value is -2.94. The number of hydrogen-bond donors (Lipinski definition) is 0. The molecule has 0 bridgehead atoms. The molecule has 2 aromatic rings. The molecule has 2 rings (SSSR count). The van der Waals surface area contributed by atoms with Crippen LogP contribution >= 0.6 is 0 Å². The van der Waals surface area contributed by atoms with Gasteiger partial charge < -0.3 is 4.74 Å². The van der Waals surface area contributed by atoms with Crippen molar-refractivity contribution in [2.75, 3.05) is 18.0 Å². The number of rotatable bonds is 6. The van der Waals surface area contributed by atoms with Gasteiger partial charge in [0.1, 0.15) is 0 Å². The lowest BCUT2D eigenvalue weighted by atomic mass is 10.2. The van der Waals surface area contributed by atoms with Crippen LogP contribution in [0.4, 0.5) is 11.4 Å². The maximum absolute atomic E-state index is 12.7. The Morgan fingerprint density at radius 2 is 1.88 bits per heavy atom. The summed E-state index contributed by atoms with van der Waals surface area (Å²) >= 11 is 0. The van der Waals surface area contributed by atoms with Crippen LogP contribution in [0.15, 0.2) is 53.4 Å². The quantitative estimate of drug-likeness (QED) is 0.443. The van der Waals surface area contributed by atoms with Gasteiger partial charge in [0.2, 0.25) is 0 Å². The predicted molar refractivity (Wildman–Crippen MR) is 91.1 cm³/mol. The summed E-state index contributed by atoms with van der Waals surface area (Å²) in [5.74, 6) is -0.564. The van der Waals surface area contributed by atoms with Gasteiger partial charge in [0.25, 0.3) is 15.7 Å². The third kappa shape index (κ3) is 3.94. The van der Waals surface area contributed by atoms with E-state index in [1.54, 1.807) is 6.92 Å². The average molecular weight is 364 g/mol. The van der Waals surface area contributed by atoms with Crippen LogP contribution in [0.1, 0.15) is 17.3 Å². The highest BCUT2D eigenvalue weighted by molar-refractivity contribution is 7.92. The molecule has 0 fully saturated rings. The van der Waals surface area contributed by atoms with Crippen LogP contribution < -0.4 is 4.31 Å². The highest BCUT2D eigenvalue weighted by atomic mass is 32.2. The topological polar surface area (TPSA) is 107 Å². The zero-order valence-corrected chi connectivity index (χ0v) is 14.4. The second-order valence-corrected chi connectivity index (χ2v) is 6.97. The molecule has 25 heavy (non-hydrogen) atoms. The summed E-state index contributed by atoms with van der Waals surface area (Å²) in [5, 5.41) is 10.8. The number of ether oxygens (including phenoxy) is 1. The zero-order valence-electron chi connectivity index (χ0n) is 13.6. The van der Waals surface area contributed by atoms with Gasteiger partial charge in [-0.05, 0) is 31.2 Å². The molecule has 0 aliphatic heterocycles. The second kappa shape index (κ2) is 7.31. The molecule has 132 valence electrons. The fraction of sp³-hybridized carbons (Fsp3) is 0.188. The third-order valence-electron chi connectivity index (χ3n) is 3.41. The van der Waals surface area contributed by atoms with Gasteiger partial charge in [-0.3, -0.25) is 14.4 Å². The molecule has 0 aromatic heterocycles. The monoisotopic (exact) mass is 364 g/mol. The summed E-state index contributed by atoms with van der Waals surface area (Å²) in [4.78, 5) is 21.8. The molecule has 8 nitrogen and oxygen atoms in total. The van der Waals surface area contributed by atoms with E-state index in [1.807, 2.05) is 0 Å². The summed E-state index contributed by atoms with van der Waals surface area (Å²) in [5.41, 5.74) is 0.118. The number of nitrogens with zero attached hydrogens (tertiary/aromatic N) is 2. The highest BCUT2D eigenvalue weighted by Gasteiger charge is 2.24. The van der Waals surface area contributed by atoms with Crippen LogP contribution in [-0.4, -0.2) is 33.0 Å². The average Bonchev–Trinajstić information content (AvgIpc) is 2.61. The Balaban J connectivity index is 2.40. The minimum absolute atomic E-state index is 0.199. The Labute approximate surface area is 144 Å². The van der Waals surface area contributed by atoms with Crippen LogP contribution in [0, 0.1) is 10.1 Å². The second-order valence-electron chi connectivity index (χ2n) is 5.00. The number of non-ortho nitro benzene ring substituents is 1. The van der Waals surface area contributed by atoms with Gasteiger partial charge in [0.05, 0.1) is 27.7 Å². The smallest absolute Gasteiger partial charge is 0.338 e. The van der Waals surface area contributed by atoms with Crippen molar-refractivity contribution >= 4 is 27.4 Å². The van der Waals surface area contributed by atoms with Gasteiger partial charge in [-0.2, -0.15) is 0 Å². The van der Waals surface area contributed by atoms with Crippen molar-refractivity contribution in [3.05, 3.63) is 64.2 Å². The molecule has 0 unspecified atom stereocenters. The highest BCUT2D eigenvalue weighted by Crippen LogP contribution is 2.25. The van der Waals surface area contributed by atoms with Crippen LogP contribution in [0.5, 0.6) is 0 Å². The summed E-state index contributed by atoms with van der Waals surface area (Å²) in [6, 6.07) is 10.7. The Bertz CT molecular complexity index is 910. The van der Waals surface area contributed by atoms with E-state index in [2.05, 4.69) is 0 Å². The summed E-state index contributed by atoms with van der Waals surface area (Å²) in [7, 11) is -2.72. The molecule has 0 atom stereocenters. The number of anilines is 1. The normalized spacial score (nSPS) is 11.0. The Kier molecular flexibility index (Phi) is 5.38. The number of nitro benzene ring substituents is 1. The van der Waals surface area contributed by atoms with Gasteiger partial charge in [-0.1, -0.05) is 12.1 Å². The fourth-order valence-corrected chi connectivity index (χ4v) is 3.33. The van der Waals surface area contributed by atoms with Crippen LogP contribution in [-0.2, 0) is 14.8 Å². The lowest BCUT2D eigenvalue weighted by Gasteiger charge is -2.20. The van der Waals surface area contributed by atoms with Gasteiger partial charge in [-0.25, -0.2) is 13.2 Å². The number of benzene rings is 2. The first-order valence-electron chi connectivity index (χ1n) is 7.28. The summed E-state index contributed by atoms with van der Waals surface area (Å²) in [6.07, 6.45) is 0. The van der Waals surface area contributed by atoms with Crippen LogP contribution in [0.25, 0.3) is 0 Å². The number of sulfonamides is 1. The van der Waals surface area contributed by atoms with Crippen molar-refractivity contribution in [2.45, 2.75) is 11.8 Å². The Morgan fingerprint density at radius 1 is 1.20 bits per heavy atom. The molecule has 0 spiro atoms. The lowest BCUT2D eigenvalue weighted by Crippen LogP contribution is -2.26. The fourth-order valence-electron chi connectivity index (χ4n) is 2.10. The van der Waals surface area contributed by atoms with Crippen molar-refractivity contribution in [3.63, 3.8) is 0 Å². The lowest BCUT2D eigenvalue weighted by molar-refractivity contribution is -0.385. The Morgan fingerprint density at radius 3 is 2.52 bits per heavy atom. The first kappa shape index (κ1) is 18.4. The van der Waals surface area contributed by atoms with E-state index in [0.717, 1.165) is 10.4 Å². The van der Waals surface area contributed by atoms with Gasteiger partial charge in [0, 0.05) is 19.2 Å². The molecule has 0 saturated heterocycles. The minimum atomic E-state index is -4.03. The molecule has 0 N–H and O–H groups in total. The SMILES string of the molecule is CCOC(=O)c1cccc(N(C)S(=O)(=O)c2cccc([N+](=O)[O-])c2)c1. The van der Waals surface area contributed by atoms with E-state index in [-0.39, 0.29) is 28.4 Å². The largest absolute Gasteiger partial charge is 0.462 e. The number of hydrogen-bond acceptors (Lipinski definition) is 6. The number of carbonyl (C=O) groups is 1. The summed E-state index contributed by atoms with van der Waals surface area (Å²) in [6.45, 7) is 1.87. The van der Waals surface area contributed by atoms with Crippen molar-refractivity contribution in [1.82, 2.24) is 0 Å². The van der Waals surface area contributed by atoms with E-state index >= 15 is 0 Å². The van der Waals surface area contributed by atoms with Crippen LogP contribution in [0.2, 0.25) is 0 Å². The van der Waals surface area contributed by atoms with E-state index in [0.29, 0.717) is 0 Å². The van der Waals surface area contributed by atoms with E-state index in [1.165, 1.54) is 49.5 Å². The molecule has 0 radical (unpaired) electrons. The van der Waals surface area contributed by atoms with Crippen molar-refractivity contribution in [2.24, 2.45) is 0 Å². The number of carbonyl (C=O) groups excluding carboxylic acids is 1.